The third kappa shape index (κ3) is 7.94. The normalized spacial score (nSPS) is 19.5. The Kier molecular flexibility index (Phi) is 9.55. The van der Waals surface area contributed by atoms with E-state index in [2.05, 4.69) is 9.80 Å². The zero-order valence-corrected chi connectivity index (χ0v) is 19.7. The summed E-state index contributed by atoms with van der Waals surface area (Å²) in [6.45, 7) is 8.01. The third-order valence-electron chi connectivity index (χ3n) is 6.07. The van der Waals surface area contributed by atoms with Gasteiger partial charge in [-0.05, 0) is 35.4 Å². The number of β-amino-alcohol motifs (C(OH)–C–C–N with tert-alkyl or cyclic N) is 2. The van der Waals surface area contributed by atoms with Gasteiger partial charge in [0.05, 0.1) is 26.4 Å². The van der Waals surface area contributed by atoms with Gasteiger partial charge in [-0.15, -0.1) is 0 Å². The third-order valence-corrected chi connectivity index (χ3v) is 6.07. The predicted octanol–water partition coefficient (Wildman–Crippen LogP) is 1.50. The molecule has 0 radical (unpaired) electrons. The van der Waals surface area contributed by atoms with Crippen LogP contribution in [-0.2, 0) is 9.47 Å². The topological polar surface area (TPSA) is 83.9 Å². The number of aliphatic hydroxyl groups is 2. The first-order valence-corrected chi connectivity index (χ1v) is 12.1. The molecule has 0 amide bonds. The van der Waals surface area contributed by atoms with Crippen molar-refractivity contribution >= 4 is 0 Å². The van der Waals surface area contributed by atoms with E-state index in [0.717, 1.165) is 75.2 Å². The second-order valence-corrected chi connectivity index (χ2v) is 8.80. The summed E-state index contributed by atoms with van der Waals surface area (Å²) in [6, 6.07) is 15.7. The van der Waals surface area contributed by atoms with Gasteiger partial charge in [0.1, 0.15) is 36.9 Å². The van der Waals surface area contributed by atoms with Crippen molar-refractivity contribution in [1.82, 2.24) is 9.80 Å². The van der Waals surface area contributed by atoms with Gasteiger partial charge in [-0.3, -0.25) is 9.80 Å². The van der Waals surface area contributed by atoms with Crippen molar-refractivity contribution in [3.63, 3.8) is 0 Å². The van der Waals surface area contributed by atoms with Gasteiger partial charge in [0.15, 0.2) is 0 Å². The van der Waals surface area contributed by atoms with Crippen LogP contribution in [0.5, 0.6) is 11.5 Å². The Morgan fingerprint density at radius 3 is 1.32 bits per heavy atom. The van der Waals surface area contributed by atoms with Crippen LogP contribution in [0.1, 0.15) is 0 Å². The van der Waals surface area contributed by atoms with Gasteiger partial charge in [-0.2, -0.15) is 0 Å². The van der Waals surface area contributed by atoms with Gasteiger partial charge in [0.25, 0.3) is 0 Å². The maximum atomic E-state index is 10.2. The van der Waals surface area contributed by atoms with E-state index in [1.165, 1.54) is 0 Å². The van der Waals surface area contributed by atoms with E-state index in [9.17, 15) is 10.2 Å². The Balaban J connectivity index is 1.19. The summed E-state index contributed by atoms with van der Waals surface area (Å²) in [7, 11) is 0. The lowest BCUT2D eigenvalue weighted by atomic mass is 10.1. The number of nitrogens with zero attached hydrogens (tertiary/aromatic N) is 2. The zero-order chi connectivity index (χ0) is 23.6. The Morgan fingerprint density at radius 2 is 0.971 bits per heavy atom. The molecule has 2 atom stereocenters. The first-order valence-electron chi connectivity index (χ1n) is 12.1. The van der Waals surface area contributed by atoms with Gasteiger partial charge in [-0.1, -0.05) is 24.3 Å². The molecule has 2 saturated heterocycles. The summed E-state index contributed by atoms with van der Waals surface area (Å²) in [5.41, 5.74) is 2.14. The van der Waals surface area contributed by atoms with E-state index in [-0.39, 0.29) is 13.2 Å². The lowest BCUT2D eigenvalue weighted by Crippen LogP contribution is -2.42. The molecule has 0 bridgehead atoms. The first kappa shape index (κ1) is 24.9. The minimum atomic E-state index is -0.530. The van der Waals surface area contributed by atoms with Crippen LogP contribution in [0.4, 0.5) is 0 Å². The summed E-state index contributed by atoms with van der Waals surface area (Å²) >= 11 is 0. The summed E-state index contributed by atoms with van der Waals surface area (Å²) < 4.78 is 22.2. The molecular weight excluding hydrogens is 436 g/mol. The van der Waals surface area contributed by atoms with Gasteiger partial charge in [0, 0.05) is 39.3 Å². The molecule has 2 aliphatic heterocycles. The van der Waals surface area contributed by atoms with E-state index >= 15 is 0 Å². The highest BCUT2D eigenvalue weighted by Gasteiger charge is 2.16. The summed E-state index contributed by atoms with van der Waals surface area (Å²) in [5, 5.41) is 20.5. The highest BCUT2D eigenvalue weighted by atomic mass is 16.5. The molecule has 4 rings (SSSR count). The quantitative estimate of drug-likeness (QED) is 0.509. The number of benzene rings is 2. The molecule has 0 aromatic heterocycles. The maximum absolute atomic E-state index is 10.2. The fraction of sp³-hybridized carbons (Fsp3) is 0.538. The Bertz CT molecular complexity index is 764. The van der Waals surface area contributed by atoms with Crippen LogP contribution in [0, 0.1) is 0 Å². The van der Waals surface area contributed by atoms with Crippen LogP contribution in [0.2, 0.25) is 0 Å². The smallest absolute Gasteiger partial charge is 0.119 e. The molecule has 0 spiro atoms. The second kappa shape index (κ2) is 13.0. The Morgan fingerprint density at radius 1 is 0.618 bits per heavy atom. The molecule has 0 saturated carbocycles. The zero-order valence-electron chi connectivity index (χ0n) is 19.7. The number of ether oxygens (including phenoxy) is 4. The number of morpholine rings is 2. The minimum Gasteiger partial charge on any atom is -0.491 e. The van der Waals surface area contributed by atoms with E-state index < -0.39 is 12.2 Å². The van der Waals surface area contributed by atoms with Gasteiger partial charge in [0.2, 0.25) is 0 Å². The number of hydrogen-bond donors (Lipinski definition) is 2. The average Bonchev–Trinajstić information content (AvgIpc) is 2.88. The van der Waals surface area contributed by atoms with E-state index in [0.29, 0.717) is 13.1 Å². The standard InChI is InChI=1S/C26H36N2O6/c29-23(17-27-9-13-31-14-10-27)19-33-25-5-1-21(2-6-25)22-3-7-26(8-4-22)34-20-24(30)18-28-11-15-32-16-12-28/h1-8,23-24,29-30H,9-20H2/t23-,24-/m1/s1. The van der Waals surface area contributed by atoms with E-state index in [1.54, 1.807) is 0 Å². The van der Waals surface area contributed by atoms with Gasteiger partial charge in [-0.25, -0.2) is 0 Å². The van der Waals surface area contributed by atoms with Crippen LogP contribution in [0.3, 0.4) is 0 Å². The van der Waals surface area contributed by atoms with Crippen molar-refractivity contribution in [3.05, 3.63) is 48.5 Å². The van der Waals surface area contributed by atoms with Crippen LogP contribution >= 0.6 is 0 Å². The Hall–Kier alpha value is -2.20. The fourth-order valence-corrected chi connectivity index (χ4v) is 4.14. The maximum Gasteiger partial charge on any atom is 0.119 e. The van der Waals surface area contributed by atoms with Crippen molar-refractivity contribution in [2.75, 3.05) is 78.9 Å². The molecule has 8 heteroatoms. The van der Waals surface area contributed by atoms with Crippen LogP contribution in [0.25, 0.3) is 11.1 Å². The lowest BCUT2D eigenvalue weighted by molar-refractivity contribution is 0.00452. The molecular formula is C26H36N2O6. The highest BCUT2D eigenvalue weighted by Crippen LogP contribution is 2.25. The molecule has 2 aromatic carbocycles. The fourth-order valence-electron chi connectivity index (χ4n) is 4.14. The second-order valence-electron chi connectivity index (χ2n) is 8.80. The molecule has 186 valence electrons. The number of rotatable bonds is 11. The van der Waals surface area contributed by atoms with Crippen molar-refractivity contribution in [2.24, 2.45) is 0 Å². The average molecular weight is 473 g/mol. The van der Waals surface area contributed by atoms with Gasteiger partial charge >= 0.3 is 0 Å². The molecule has 34 heavy (non-hydrogen) atoms. The molecule has 2 fully saturated rings. The molecule has 2 aliphatic rings. The molecule has 2 heterocycles. The summed E-state index contributed by atoms with van der Waals surface area (Å²) in [5.74, 6) is 1.47. The monoisotopic (exact) mass is 472 g/mol. The minimum absolute atomic E-state index is 0.264. The van der Waals surface area contributed by atoms with E-state index in [4.69, 9.17) is 18.9 Å². The van der Waals surface area contributed by atoms with Crippen LogP contribution in [-0.4, -0.2) is 111 Å². The molecule has 0 unspecified atom stereocenters. The van der Waals surface area contributed by atoms with Crippen molar-refractivity contribution in [3.8, 4) is 22.6 Å². The van der Waals surface area contributed by atoms with Crippen LogP contribution in [0.15, 0.2) is 48.5 Å². The van der Waals surface area contributed by atoms with Crippen LogP contribution < -0.4 is 9.47 Å². The molecule has 0 aliphatic carbocycles. The van der Waals surface area contributed by atoms with Crippen molar-refractivity contribution < 1.29 is 29.2 Å². The molecule has 2 N–H and O–H groups in total. The van der Waals surface area contributed by atoms with E-state index in [1.807, 2.05) is 48.5 Å². The highest BCUT2D eigenvalue weighted by molar-refractivity contribution is 5.64. The largest absolute Gasteiger partial charge is 0.491 e. The summed E-state index contributed by atoms with van der Waals surface area (Å²) in [4.78, 5) is 4.39. The van der Waals surface area contributed by atoms with Crippen molar-refractivity contribution in [2.45, 2.75) is 12.2 Å². The molecule has 2 aromatic rings. The predicted molar refractivity (Wildman–Crippen MR) is 129 cm³/mol. The van der Waals surface area contributed by atoms with Gasteiger partial charge < -0.3 is 29.2 Å². The molecule has 8 nitrogen and oxygen atoms in total. The van der Waals surface area contributed by atoms with Crippen molar-refractivity contribution in [1.29, 1.82) is 0 Å². The Labute approximate surface area is 201 Å². The number of aliphatic hydroxyl groups excluding tert-OH is 2. The number of hydrogen-bond acceptors (Lipinski definition) is 8. The summed E-state index contributed by atoms with van der Waals surface area (Å²) in [6.07, 6.45) is -1.06. The lowest BCUT2D eigenvalue weighted by Gasteiger charge is -2.28. The first-order chi connectivity index (χ1) is 16.7. The SMILES string of the molecule is O[C@@H](COc1ccc(-c2ccc(OC[C@H](O)CN3CCOCC3)cc2)cc1)CN1CCOCC1.